The lowest BCUT2D eigenvalue weighted by atomic mass is 9.92. The number of likely N-dealkylation sites (tertiary alicyclic amines) is 1. The summed E-state index contributed by atoms with van der Waals surface area (Å²) in [4.78, 5) is 2.55. The van der Waals surface area contributed by atoms with E-state index in [0.29, 0.717) is 12.0 Å². The highest BCUT2D eigenvalue weighted by molar-refractivity contribution is 5.41. The lowest BCUT2D eigenvalue weighted by Crippen LogP contribution is -2.28. The molecule has 1 aromatic carbocycles. The van der Waals surface area contributed by atoms with E-state index in [0.717, 1.165) is 31.9 Å². The van der Waals surface area contributed by atoms with Crippen LogP contribution in [0.4, 0.5) is 0 Å². The molecule has 0 aromatic heterocycles. The number of ether oxygens (including phenoxy) is 1. The van der Waals surface area contributed by atoms with E-state index in [4.69, 9.17) is 10.5 Å². The van der Waals surface area contributed by atoms with Gasteiger partial charge in [-0.15, -0.1) is 0 Å². The van der Waals surface area contributed by atoms with Crippen LogP contribution >= 0.6 is 0 Å². The monoisotopic (exact) mass is 246 g/mol. The van der Waals surface area contributed by atoms with Crippen molar-refractivity contribution in [2.75, 3.05) is 26.2 Å². The van der Waals surface area contributed by atoms with Crippen molar-refractivity contribution in [2.45, 2.75) is 25.8 Å². The van der Waals surface area contributed by atoms with Gasteiger partial charge in [0.15, 0.2) is 0 Å². The standard InChI is InChI=1S/C15H22N2O/c1-2-17-7-5-13(10-16)15(17)12-3-4-14-11(9-12)6-8-18-14/h3-4,9,13,15H,2,5-8,10,16H2,1H3. The predicted octanol–water partition coefficient (Wildman–Crippen LogP) is 1.96. The number of benzene rings is 1. The molecule has 0 saturated carbocycles. The normalized spacial score (nSPS) is 27.2. The molecule has 2 heterocycles. The zero-order chi connectivity index (χ0) is 12.5. The largest absolute Gasteiger partial charge is 0.493 e. The van der Waals surface area contributed by atoms with Crippen molar-refractivity contribution in [3.8, 4) is 5.75 Å². The molecule has 0 bridgehead atoms. The van der Waals surface area contributed by atoms with Gasteiger partial charge in [0.2, 0.25) is 0 Å². The zero-order valence-corrected chi connectivity index (χ0v) is 11.1. The molecule has 3 heteroatoms. The molecular weight excluding hydrogens is 224 g/mol. The van der Waals surface area contributed by atoms with E-state index in [1.54, 1.807) is 0 Å². The van der Waals surface area contributed by atoms with Gasteiger partial charge in [-0.05, 0) is 49.2 Å². The predicted molar refractivity (Wildman–Crippen MR) is 72.8 cm³/mol. The molecule has 98 valence electrons. The third-order valence-electron chi connectivity index (χ3n) is 4.39. The maximum Gasteiger partial charge on any atom is 0.122 e. The summed E-state index contributed by atoms with van der Waals surface area (Å²) in [6, 6.07) is 7.21. The molecule has 2 aliphatic rings. The molecule has 0 amide bonds. The number of fused-ring (bicyclic) bond motifs is 1. The van der Waals surface area contributed by atoms with Crippen molar-refractivity contribution in [2.24, 2.45) is 11.7 Å². The van der Waals surface area contributed by atoms with Crippen molar-refractivity contribution in [1.82, 2.24) is 4.90 Å². The SMILES string of the molecule is CCN1CCC(CN)C1c1ccc2c(c1)CCO2. The molecule has 0 aliphatic carbocycles. The Morgan fingerprint density at radius 2 is 2.33 bits per heavy atom. The number of hydrogen-bond donors (Lipinski definition) is 1. The second-order valence-corrected chi connectivity index (χ2v) is 5.32. The van der Waals surface area contributed by atoms with E-state index in [2.05, 4.69) is 30.0 Å². The first-order chi connectivity index (χ1) is 8.83. The highest BCUT2D eigenvalue weighted by Gasteiger charge is 2.33. The average Bonchev–Trinajstić information content (AvgIpc) is 3.03. The van der Waals surface area contributed by atoms with Crippen molar-refractivity contribution >= 4 is 0 Å². The first-order valence-electron chi connectivity index (χ1n) is 7.03. The molecule has 3 nitrogen and oxygen atoms in total. The molecule has 0 spiro atoms. The second kappa shape index (κ2) is 4.90. The van der Waals surface area contributed by atoms with Crippen molar-refractivity contribution in [3.05, 3.63) is 29.3 Å². The number of nitrogens with zero attached hydrogens (tertiary/aromatic N) is 1. The fourth-order valence-corrected chi connectivity index (χ4v) is 3.40. The molecule has 2 unspecified atom stereocenters. The smallest absolute Gasteiger partial charge is 0.122 e. The topological polar surface area (TPSA) is 38.5 Å². The van der Waals surface area contributed by atoms with Crippen LogP contribution in [0.5, 0.6) is 5.75 Å². The van der Waals surface area contributed by atoms with Crippen LogP contribution in [0.3, 0.4) is 0 Å². The fourth-order valence-electron chi connectivity index (χ4n) is 3.40. The lowest BCUT2D eigenvalue weighted by Gasteiger charge is -2.27. The van der Waals surface area contributed by atoms with Gasteiger partial charge >= 0.3 is 0 Å². The molecule has 2 N–H and O–H groups in total. The average molecular weight is 246 g/mol. The Labute approximate surface area is 109 Å². The van der Waals surface area contributed by atoms with E-state index >= 15 is 0 Å². The van der Waals surface area contributed by atoms with E-state index in [1.807, 2.05) is 0 Å². The van der Waals surface area contributed by atoms with Gasteiger partial charge in [-0.3, -0.25) is 4.90 Å². The third kappa shape index (κ3) is 1.91. The van der Waals surface area contributed by atoms with Gasteiger partial charge in [-0.25, -0.2) is 0 Å². The summed E-state index contributed by atoms with van der Waals surface area (Å²) in [6.07, 6.45) is 2.28. The maximum absolute atomic E-state index is 5.94. The Kier molecular flexibility index (Phi) is 3.27. The lowest BCUT2D eigenvalue weighted by molar-refractivity contribution is 0.242. The van der Waals surface area contributed by atoms with E-state index in [9.17, 15) is 0 Å². The molecule has 1 saturated heterocycles. The Bertz CT molecular complexity index is 421. The summed E-state index contributed by atoms with van der Waals surface area (Å²) in [5.74, 6) is 1.68. The molecule has 1 fully saturated rings. The fraction of sp³-hybridized carbons (Fsp3) is 0.600. The van der Waals surface area contributed by atoms with Crippen LogP contribution in [0.1, 0.15) is 30.5 Å². The molecule has 18 heavy (non-hydrogen) atoms. The van der Waals surface area contributed by atoms with Crippen LogP contribution in [0.25, 0.3) is 0 Å². The number of rotatable bonds is 3. The minimum absolute atomic E-state index is 0.505. The van der Waals surface area contributed by atoms with Crippen molar-refractivity contribution < 1.29 is 4.74 Å². The van der Waals surface area contributed by atoms with Gasteiger partial charge in [0.25, 0.3) is 0 Å². The summed E-state index contributed by atoms with van der Waals surface area (Å²) in [5, 5.41) is 0. The van der Waals surface area contributed by atoms with Crippen LogP contribution in [-0.2, 0) is 6.42 Å². The van der Waals surface area contributed by atoms with Gasteiger partial charge in [0.1, 0.15) is 5.75 Å². The molecular formula is C15H22N2O. The van der Waals surface area contributed by atoms with Crippen LogP contribution in [-0.4, -0.2) is 31.1 Å². The summed E-state index contributed by atoms with van der Waals surface area (Å²) in [6.45, 7) is 6.14. The van der Waals surface area contributed by atoms with Crippen molar-refractivity contribution in [1.29, 1.82) is 0 Å². The maximum atomic E-state index is 5.94. The van der Waals surface area contributed by atoms with Gasteiger partial charge in [0, 0.05) is 12.5 Å². The van der Waals surface area contributed by atoms with E-state index in [-0.39, 0.29) is 0 Å². The second-order valence-electron chi connectivity index (χ2n) is 5.32. The molecule has 1 aromatic rings. The van der Waals surface area contributed by atoms with Crippen LogP contribution in [0, 0.1) is 5.92 Å². The quantitative estimate of drug-likeness (QED) is 0.886. The highest BCUT2D eigenvalue weighted by atomic mass is 16.5. The minimum atomic E-state index is 0.505. The van der Waals surface area contributed by atoms with Gasteiger partial charge < -0.3 is 10.5 Å². The highest BCUT2D eigenvalue weighted by Crippen LogP contribution is 2.38. The molecule has 2 aliphatic heterocycles. The summed E-state index contributed by atoms with van der Waals surface area (Å²) in [7, 11) is 0. The Morgan fingerprint density at radius 1 is 1.44 bits per heavy atom. The van der Waals surface area contributed by atoms with Gasteiger partial charge in [0.05, 0.1) is 6.61 Å². The van der Waals surface area contributed by atoms with Crippen LogP contribution < -0.4 is 10.5 Å². The zero-order valence-electron chi connectivity index (χ0n) is 11.1. The number of nitrogens with two attached hydrogens (primary N) is 1. The number of hydrogen-bond acceptors (Lipinski definition) is 3. The Hall–Kier alpha value is -1.06. The van der Waals surface area contributed by atoms with Crippen LogP contribution in [0.15, 0.2) is 18.2 Å². The first kappa shape index (κ1) is 12.0. The molecule has 3 rings (SSSR count). The van der Waals surface area contributed by atoms with Gasteiger partial charge in [-0.2, -0.15) is 0 Å². The summed E-state index contributed by atoms with van der Waals surface area (Å²) in [5.41, 5.74) is 8.73. The summed E-state index contributed by atoms with van der Waals surface area (Å²) >= 11 is 0. The molecule has 0 radical (unpaired) electrons. The van der Waals surface area contributed by atoms with E-state index < -0.39 is 0 Å². The Morgan fingerprint density at radius 3 is 3.11 bits per heavy atom. The van der Waals surface area contributed by atoms with Crippen molar-refractivity contribution in [3.63, 3.8) is 0 Å². The molecule has 2 atom stereocenters. The van der Waals surface area contributed by atoms with E-state index in [1.165, 1.54) is 24.1 Å². The summed E-state index contributed by atoms with van der Waals surface area (Å²) < 4.78 is 5.58. The van der Waals surface area contributed by atoms with Crippen LogP contribution in [0.2, 0.25) is 0 Å². The Balaban J connectivity index is 1.92. The van der Waals surface area contributed by atoms with Gasteiger partial charge in [-0.1, -0.05) is 19.1 Å². The first-order valence-corrected chi connectivity index (χ1v) is 7.03. The minimum Gasteiger partial charge on any atom is -0.493 e. The third-order valence-corrected chi connectivity index (χ3v) is 4.39.